The predicted molar refractivity (Wildman–Crippen MR) is 134 cm³/mol. The minimum atomic E-state index is -1.08. The molecule has 1 aliphatic rings. The summed E-state index contributed by atoms with van der Waals surface area (Å²) in [6.45, 7) is 0. The standard InChI is InChI=1S/C26H20N4O7/c1-36-17-8-6-14(7-9-17)22-21(23(31)15-4-3-5-16(12-15)30(34)35)24(32)25(33)29(22)26-27-19-11-10-18(37-2)13-20(19)28-26/h3-13,22,31H,1-2H3,(H,27,28)/b23-21+. The summed E-state index contributed by atoms with van der Waals surface area (Å²) in [5.74, 6) is -1.20. The number of amides is 1. The lowest BCUT2D eigenvalue weighted by Crippen LogP contribution is -2.30. The molecule has 0 aliphatic carbocycles. The van der Waals surface area contributed by atoms with E-state index in [1.165, 1.54) is 37.3 Å². The van der Waals surface area contributed by atoms with E-state index in [0.717, 1.165) is 6.07 Å². The number of ether oxygens (including phenoxy) is 2. The SMILES string of the molecule is COc1ccc(C2/C(=C(\O)c3cccc([N+](=O)[O-])c3)C(=O)C(=O)N2c2nc3ccc(OC)cc3[nH]2)cc1. The molecule has 0 saturated carbocycles. The summed E-state index contributed by atoms with van der Waals surface area (Å²) >= 11 is 0. The molecule has 1 atom stereocenters. The van der Waals surface area contributed by atoms with Gasteiger partial charge in [-0.05, 0) is 29.8 Å². The fourth-order valence-corrected chi connectivity index (χ4v) is 4.29. The fraction of sp³-hybridized carbons (Fsp3) is 0.115. The van der Waals surface area contributed by atoms with Gasteiger partial charge in [0.05, 0.1) is 41.8 Å². The van der Waals surface area contributed by atoms with Gasteiger partial charge in [0.2, 0.25) is 5.95 Å². The van der Waals surface area contributed by atoms with Crippen LogP contribution in [-0.4, -0.2) is 45.9 Å². The van der Waals surface area contributed by atoms with Crippen LogP contribution in [0, 0.1) is 10.1 Å². The molecule has 1 unspecified atom stereocenters. The Kier molecular flexibility index (Phi) is 5.80. The van der Waals surface area contributed by atoms with E-state index in [2.05, 4.69) is 9.97 Å². The number of carbonyl (C=O) groups is 2. The van der Waals surface area contributed by atoms with Gasteiger partial charge in [-0.15, -0.1) is 0 Å². The second-order valence-corrected chi connectivity index (χ2v) is 8.19. The first-order valence-corrected chi connectivity index (χ1v) is 11.1. The van der Waals surface area contributed by atoms with Gasteiger partial charge in [-0.3, -0.25) is 24.6 Å². The van der Waals surface area contributed by atoms with Crippen LogP contribution in [0.25, 0.3) is 16.8 Å². The Labute approximate surface area is 209 Å². The van der Waals surface area contributed by atoms with E-state index >= 15 is 0 Å². The number of Topliss-reactive ketones (excluding diaryl/α,β-unsaturated/α-hetero) is 1. The van der Waals surface area contributed by atoms with E-state index in [4.69, 9.17) is 9.47 Å². The molecule has 11 nitrogen and oxygen atoms in total. The minimum Gasteiger partial charge on any atom is -0.507 e. The number of fused-ring (bicyclic) bond motifs is 1. The maximum Gasteiger partial charge on any atom is 0.302 e. The van der Waals surface area contributed by atoms with Crippen molar-refractivity contribution in [2.24, 2.45) is 0 Å². The third-order valence-corrected chi connectivity index (χ3v) is 6.11. The van der Waals surface area contributed by atoms with Crippen LogP contribution in [0.4, 0.5) is 11.6 Å². The van der Waals surface area contributed by atoms with Crippen LogP contribution in [0.1, 0.15) is 17.2 Å². The van der Waals surface area contributed by atoms with Crippen LogP contribution < -0.4 is 14.4 Å². The van der Waals surface area contributed by atoms with Gasteiger partial charge >= 0.3 is 5.91 Å². The summed E-state index contributed by atoms with van der Waals surface area (Å²) in [6.07, 6.45) is 0. The van der Waals surface area contributed by atoms with Gasteiger partial charge in [0.25, 0.3) is 11.5 Å². The molecule has 11 heteroatoms. The van der Waals surface area contributed by atoms with Crippen molar-refractivity contribution >= 4 is 40.1 Å². The second kappa shape index (κ2) is 9.11. The molecule has 1 fully saturated rings. The normalized spacial score (nSPS) is 16.8. The number of aromatic nitrogens is 2. The number of methoxy groups -OCH3 is 2. The number of nitrogens with one attached hydrogen (secondary N) is 1. The van der Waals surface area contributed by atoms with E-state index in [-0.39, 0.29) is 22.8 Å². The third kappa shape index (κ3) is 4.01. The van der Waals surface area contributed by atoms with Gasteiger partial charge in [-0.25, -0.2) is 4.98 Å². The number of benzene rings is 3. The smallest absolute Gasteiger partial charge is 0.302 e. The number of nitro groups is 1. The molecule has 2 heterocycles. The van der Waals surface area contributed by atoms with Gasteiger partial charge in [-0.2, -0.15) is 0 Å². The second-order valence-electron chi connectivity index (χ2n) is 8.19. The largest absolute Gasteiger partial charge is 0.507 e. The van der Waals surface area contributed by atoms with Crippen LogP contribution in [0.2, 0.25) is 0 Å². The number of rotatable bonds is 6. The number of hydrogen-bond acceptors (Lipinski definition) is 8. The number of aromatic amines is 1. The average molecular weight is 500 g/mol. The Morgan fingerprint density at radius 3 is 2.41 bits per heavy atom. The molecule has 4 aromatic rings. The first-order valence-electron chi connectivity index (χ1n) is 11.1. The molecule has 0 bridgehead atoms. The van der Waals surface area contributed by atoms with Gasteiger partial charge in [0.1, 0.15) is 17.3 Å². The average Bonchev–Trinajstić information content (AvgIpc) is 3.45. The Bertz CT molecular complexity index is 1590. The first-order chi connectivity index (χ1) is 17.8. The molecular weight excluding hydrogens is 480 g/mol. The van der Waals surface area contributed by atoms with Gasteiger partial charge in [0, 0.05) is 23.8 Å². The minimum absolute atomic E-state index is 0.0278. The zero-order chi connectivity index (χ0) is 26.3. The molecule has 1 aliphatic heterocycles. The van der Waals surface area contributed by atoms with Crippen LogP contribution in [0.15, 0.2) is 72.3 Å². The van der Waals surface area contributed by atoms with E-state index in [0.29, 0.717) is 28.1 Å². The number of aliphatic hydroxyl groups is 1. The van der Waals surface area contributed by atoms with E-state index in [1.807, 2.05) is 0 Å². The maximum absolute atomic E-state index is 13.3. The van der Waals surface area contributed by atoms with Gasteiger partial charge in [0.15, 0.2) is 0 Å². The van der Waals surface area contributed by atoms with Crippen LogP contribution in [-0.2, 0) is 9.59 Å². The summed E-state index contributed by atoms with van der Waals surface area (Å²) in [4.78, 5) is 46.0. The molecule has 5 rings (SSSR count). The summed E-state index contributed by atoms with van der Waals surface area (Å²) in [7, 11) is 3.03. The summed E-state index contributed by atoms with van der Waals surface area (Å²) in [5, 5.41) is 22.5. The number of H-pyrrole nitrogens is 1. The zero-order valence-corrected chi connectivity index (χ0v) is 19.7. The van der Waals surface area contributed by atoms with E-state index < -0.39 is 28.4 Å². The number of nitro benzene ring substituents is 1. The van der Waals surface area contributed by atoms with Crippen molar-refractivity contribution in [1.82, 2.24) is 9.97 Å². The highest BCUT2D eigenvalue weighted by Crippen LogP contribution is 2.42. The lowest BCUT2D eigenvalue weighted by atomic mass is 9.95. The van der Waals surface area contributed by atoms with Crippen molar-refractivity contribution in [2.75, 3.05) is 19.1 Å². The van der Waals surface area contributed by atoms with E-state index in [9.17, 15) is 24.8 Å². The van der Waals surface area contributed by atoms with Crippen molar-refractivity contribution < 1.29 is 29.1 Å². The number of aliphatic hydroxyl groups excluding tert-OH is 1. The molecule has 3 aromatic carbocycles. The monoisotopic (exact) mass is 500 g/mol. The van der Waals surface area contributed by atoms with Crippen molar-refractivity contribution in [1.29, 1.82) is 0 Å². The highest BCUT2D eigenvalue weighted by molar-refractivity contribution is 6.51. The Morgan fingerprint density at radius 2 is 1.73 bits per heavy atom. The topological polar surface area (TPSA) is 148 Å². The predicted octanol–water partition coefficient (Wildman–Crippen LogP) is 4.11. The van der Waals surface area contributed by atoms with Crippen LogP contribution >= 0.6 is 0 Å². The molecular formula is C26H20N4O7. The lowest BCUT2D eigenvalue weighted by molar-refractivity contribution is -0.384. The molecule has 37 heavy (non-hydrogen) atoms. The lowest BCUT2D eigenvalue weighted by Gasteiger charge is -2.23. The summed E-state index contributed by atoms with van der Waals surface area (Å²) in [6, 6.07) is 15.9. The molecule has 1 aromatic heterocycles. The quantitative estimate of drug-likeness (QED) is 0.132. The maximum atomic E-state index is 13.3. The van der Waals surface area contributed by atoms with Crippen molar-refractivity contribution in [2.45, 2.75) is 6.04 Å². The number of anilines is 1. The van der Waals surface area contributed by atoms with E-state index in [1.54, 1.807) is 42.5 Å². The fourth-order valence-electron chi connectivity index (χ4n) is 4.29. The molecule has 186 valence electrons. The highest BCUT2D eigenvalue weighted by atomic mass is 16.6. The number of ketones is 1. The zero-order valence-electron chi connectivity index (χ0n) is 19.7. The Hall–Kier alpha value is -5.19. The summed E-state index contributed by atoms with van der Waals surface area (Å²) in [5.41, 5.74) is 1.12. The number of nitrogens with zero attached hydrogens (tertiary/aromatic N) is 3. The molecule has 2 N–H and O–H groups in total. The Balaban J connectivity index is 1.71. The van der Waals surface area contributed by atoms with Crippen LogP contribution in [0.3, 0.4) is 0 Å². The van der Waals surface area contributed by atoms with Crippen molar-refractivity contribution in [3.63, 3.8) is 0 Å². The van der Waals surface area contributed by atoms with Crippen LogP contribution in [0.5, 0.6) is 11.5 Å². The number of hydrogen-bond donors (Lipinski definition) is 2. The number of non-ortho nitro benzene ring substituents is 1. The van der Waals surface area contributed by atoms with Gasteiger partial charge < -0.3 is 19.6 Å². The summed E-state index contributed by atoms with van der Waals surface area (Å²) < 4.78 is 10.5. The van der Waals surface area contributed by atoms with Gasteiger partial charge in [-0.1, -0.05) is 24.3 Å². The highest BCUT2D eigenvalue weighted by Gasteiger charge is 2.48. The molecule has 1 amide bonds. The van der Waals surface area contributed by atoms with Crippen molar-refractivity contribution in [3.05, 3.63) is 93.5 Å². The first kappa shape index (κ1) is 23.5. The molecule has 0 radical (unpaired) electrons. The molecule has 0 spiro atoms. The number of imidazole rings is 1. The number of carbonyl (C=O) groups excluding carboxylic acids is 2. The molecule has 1 saturated heterocycles. The third-order valence-electron chi connectivity index (χ3n) is 6.11. The Morgan fingerprint density at radius 1 is 1.03 bits per heavy atom. The van der Waals surface area contributed by atoms with Crippen molar-refractivity contribution in [3.8, 4) is 11.5 Å².